The van der Waals surface area contributed by atoms with Crippen molar-refractivity contribution in [2.24, 2.45) is 11.3 Å². The molecule has 0 aromatic heterocycles. The van der Waals surface area contributed by atoms with E-state index in [2.05, 4.69) is 10.6 Å². The van der Waals surface area contributed by atoms with Crippen LogP contribution in [0.4, 0.5) is 0 Å². The van der Waals surface area contributed by atoms with E-state index < -0.39 is 53.5 Å². The predicted octanol–water partition coefficient (Wildman–Crippen LogP) is 0.173. The largest absolute Gasteiger partial charge is 0.504 e. The van der Waals surface area contributed by atoms with Gasteiger partial charge in [-0.3, -0.25) is 9.59 Å². The fraction of sp³-hybridized carbons (Fsp3) is 0.478. The number of ether oxygens (including phenoxy) is 2. The van der Waals surface area contributed by atoms with E-state index in [0.29, 0.717) is 11.3 Å². The maximum atomic E-state index is 13.1. The van der Waals surface area contributed by atoms with E-state index in [9.17, 15) is 30.0 Å². The van der Waals surface area contributed by atoms with E-state index in [-0.39, 0.29) is 36.2 Å². The highest BCUT2D eigenvalue weighted by molar-refractivity contribution is 6.17. The summed E-state index contributed by atoms with van der Waals surface area (Å²) in [5, 5.41) is 48.5. The van der Waals surface area contributed by atoms with Crippen LogP contribution in [0.3, 0.4) is 0 Å². The number of carbonyl (C=O) groups excluding carboxylic acids is 2. The van der Waals surface area contributed by atoms with Crippen molar-refractivity contribution < 1.29 is 39.5 Å². The summed E-state index contributed by atoms with van der Waals surface area (Å²) < 4.78 is 10.8. The number of allylic oxidation sites excluding steroid dienone is 1. The number of alkyl halides is 1. The highest BCUT2D eigenvalue weighted by Gasteiger charge is 2.63. The minimum Gasteiger partial charge on any atom is -0.504 e. The topological polar surface area (TPSA) is 158 Å². The lowest BCUT2D eigenvalue weighted by atomic mass is 9.55. The number of piperidine rings is 1. The van der Waals surface area contributed by atoms with Crippen LogP contribution in [-0.4, -0.2) is 69.4 Å². The van der Waals surface area contributed by atoms with Gasteiger partial charge in [-0.15, -0.1) is 11.6 Å². The summed E-state index contributed by atoms with van der Waals surface area (Å²) in [4.78, 5) is 26.1. The van der Waals surface area contributed by atoms with Gasteiger partial charge in [0.25, 0.3) is 11.8 Å². The maximum Gasteiger partial charge on any atom is 0.251 e. The third-order valence-electron chi connectivity index (χ3n) is 7.38. The Balaban J connectivity index is 1.55. The third kappa shape index (κ3) is 3.28. The molecule has 6 N–H and O–H groups in total. The van der Waals surface area contributed by atoms with Crippen LogP contribution >= 0.6 is 11.6 Å². The zero-order valence-electron chi connectivity index (χ0n) is 18.2. The number of benzene rings is 1. The summed E-state index contributed by atoms with van der Waals surface area (Å²) in [6.07, 6.45) is -4.55. The van der Waals surface area contributed by atoms with Gasteiger partial charge in [0.15, 0.2) is 5.76 Å². The second kappa shape index (κ2) is 8.16. The van der Waals surface area contributed by atoms with Crippen molar-refractivity contribution in [3.8, 4) is 0 Å². The van der Waals surface area contributed by atoms with Crippen LogP contribution in [0, 0.1) is 11.3 Å². The lowest BCUT2D eigenvalue weighted by molar-refractivity contribution is -0.160. The smallest absolute Gasteiger partial charge is 0.251 e. The van der Waals surface area contributed by atoms with Crippen molar-refractivity contribution in [2.45, 2.75) is 49.6 Å². The van der Waals surface area contributed by atoms with Gasteiger partial charge in [0.05, 0.1) is 17.7 Å². The van der Waals surface area contributed by atoms with Gasteiger partial charge in [-0.2, -0.15) is 0 Å². The van der Waals surface area contributed by atoms with E-state index in [0.717, 1.165) is 5.56 Å². The van der Waals surface area contributed by atoms with Gasteiger partial charge in [-0.1, -0.05) is 19.1 Å². The van der Waals surface area contributed by atoms with E-state index >= 15 is 0 Å². The molecule has 7 atom stereocenters. The number of aliphatic hydroxyl groups is 4. The zero-order valence-corrected chi connectivity index (χ0v) is 19.0. The van der Waals surface area contributed by atoms with Crippen molar-refractivity contribution in [2.75, 3.05) is 6.79 Å². The molecule has 182 valence electrons. The monoisotopic (exact) mass is 492 g/mol. The fourth-order valence-electron chi connectivity index (χ4n) is 5.72. The average molecular weight is 493 g/mol. The van der Waals surface area contributed by atoms with Gasteiger partial charge < -0.3 is 40.5 Å². The Morgan fingerprint density at radius 1 is 1.18 bits per heavy atom. The fourth-order valence-corrected chi connectivity index (χ4v) is 5.89. The molecule has 2 heterocycles. The van der Waals surface area contributed by atoms with Crippen LogP contribution in [0.2, 0.25) is 0 Å². The number of nitrogens with one attached hydrogen (secondary N) is 2. The standard InChI is InChI=1S/C23H25ClN2O8/c1-23-6-11-20(34-8-33-11)16(27)13(23)22(32)26-15-12(23)14(17(28)19(30)18(15)29)25-21(31)10-4-2-9(7-24)3-5-10/h2-5,12,14-15,17-19,27-30H,6-8H2,1H3,(H,25,31)(H,26,32)/t12-,14+,15+,17-,18-,19+,23?/m0/s1. The van der Waals surface area contributed by atoms with Crippen molar-refractivity contribution in [3.63, 3.8) is 0 Å². The molecule has 4 aliphatic rings. The molecule has 1 saturated carbocycles. The van der Waals surface area contributed by atoms with E-state index in [1.165, 1.54) is 0 Å². The molecule has 34 heavy (non-hydrogen) atoms. The number of rotatable bonds is 3. The normalized spacial score (nSPS) is 36.6. The lowest BCUT2D eigenvalue weighted by Gasteiger charge is -2.57. The number of amides is 2. The Labute approximate surface area is 199 Å². The SMILES string of the molecule is CC12CC3=C(OCO3)C(O)=C1C(=O)N[C@H]1[C@H](O)[C@H](O)[C@@H](O)[C@H](NC(=O)c3ccc(CCl)cc3)[C@@H]12. The molecule has 10 nitrogen and oxygen atoms in total. The molecule has 2 fully saturated rings. The minimum atomic E-state index is -1.63. The molecule has 1 unspecified atom stereocenters. The molecule has 11 heteroatoms. The Morgan fingerprint density at radius 3 is 2.56 bits per heavy atom. The van der Waals surface area contributed by atoms with E-state index in [1.54, 1.807) is 31.2 Å². The summed E-state index contributed by atoms with van der Waals surface area (Å²) >= 11 is 5.81. The van der Waals surface area contributed by atoms with Crippen LogP contribution < -0.4 is 10.6 Å². The molecular weight excluding hydrogens is 468 g/mol. The lowest BCUT2D eigenvalue weighted by Crippen LogP contribution is -2.75. The minimum absolute atomic E-state index is 0.0134. The zero-order chi connectivity index (χ0) is 24.4. The van der Waals surface area contributed by atoms with Crippen molar-refractivity contribution in [3.05, 3.63) is 58.2 Å². The van der Waals surface area contributed by atoms with Crippen LogP contribution in [0.5, 0.6) is 0 Å². The molecular formula is C23H25ClN2O8. The number of aliphatic hydroxyl groups excluding tert-OH is 4. The number of hydrogen-bond donors (Lipinski definition) is 6. The number of halogens is 1. The van der Waals surface area contributed by atoms with Crippen LogP contribution in [0.15, 0.2) is 47.1 Å². The first-order valence-electron chi connectivity index (χ1n) is 10.9. The highest BCUT2D eigenvalue weighted by Crippen LogP contribution is 2.55. The molecule has 1 aromatic carbocycles. The number of fused-ring (bicyclic) bond motifs is 3. The first kappa shape index (κ1) is 23.0. The predicted molar refractivity (Wildman–Crippen MR) is 117 cm³/mol. The van der Waals surface area contributed by atoms with E-state index in [1.807, 2.05) is 0 Å². The van der Waals surface area contributed by atoms with Crippen molar-refractivity contribution >= 4 is 23.4 Å². The van der Waals surface area contributed by atoms with Crippen molar-refractivity contribution in [1.29, 1.82) is 0 Å². The molecule has 5 rings (SSSR count). The summed E-state index contributed by atoms with van der Waals surface area (Å²) in [6, 6.07) is 4.49. The second-order valence-corrected chi connectivity index (χ2v) is 9.57. The molecule has 0 spiro atoms. The van der Waals surface area contributed by atoms with Gasteiger partial charge in [0.2, 0.25) is 12.6 Å². The van der Waals surface area contributed by atoms with Gasteiger partial charge in [0.1, 0.15) is 24.1 Å². The molecule has 2 amide bonds. The van der Waals surface area contributed by atoms with Gasteiger partial charge >= 0.3 is 0 Å². The second-order valence-electron chi connectivity index (χ2n) is 9.30. The van der Waals surface area contributed by atoms with E-state index in [4.69, 9.17) is 21.1 Å². The van der Waals surface area contributed by atoms with Gasteiger partial charge in [-0.05, 0) is 17.7 Å². The molecule has 1 aromatic rings. The first-order chi connectivity index (χ1) is 16.2. The summed E-state index contributed by atoms with van der Waals surface area (Å²) in [6.45, 7) is 1.59. The Morgan fingerprint density at radius 2 is 1.88 bits per heavy atom. The van der Waals surface area contributed by atoms with Gasteiger partial charge in [0, 0.05) is 29.2 Å². The number of hydrogen-bond acceptors (Lipinski definition) is 8. The molecule has 2 aliphatic heterocycles. The van der Waals surface area contributed by atoms with Crippen molar-refractivity contribution in [1.82, 2.24) is 10.6 Å². The Bertz CT molecular complexity index is 1100. The average Bonchev–Trinajstić information content (AvgIpc) is 3.28. The molecule has 2 aliphatic carbocycles. The maximum absolute atomic E-state index is 13.1. The Hall–Kier alpha value is -2.79. The summed E-state index contributed by atoms with van der Waals surface area (Å²) in [7, 11) is 0. The van der Waals surface area contributed by atoms with Crippen LogP contribution in [0.25, 0.3) is 0 Å². The van der Waals surface area contributed by atoms with Gasteiger partial charge in [-0.25, -0.2) is 0 Å². The summed E-state index contributed by atoms with van der Waals surface area (Å²) in [5.74, 6) is -1.62. The quantitative estimate of drug-likeness (QED) is 0.326. The van der Waals surface area contributed by atoms with Crippen LogP contribution in [-0.2, 0) is 20.1 Å². The van der Waals surface area contributed by atoms with Crippen LogP contribution in [0.1, 0.15) is 29.3 Å². The molecule has 0 radical (unpaired) electrons. The molecule has 0 bridgehead atoms. The first-order valence-corrected chi connectivity index (χ1v) is 11.4. The highest BCUT2D eigenvalue weighted by atomic mass is 35.5. The third-order valence-corrected chi connectivity index (χ3v) is 7.69. The number of carbonyl (C=O) groups is 2. The Kier molecular flexibility index (Phi) is 5.51. The summed E-state index contributed by atoms with van der Waals surface area (Å²) in [5.41, 5.74) is -0.0126. The molecule has 1 saturated heterocycles.